The van der Waals surface area contributed by atoms with Crippen molar-refractivity contribution in [3.05, 3.63) is 51.3 Å². The lowest BCUT2D eigenvalue weighted by Gasteiger charge is -2.08. The maximum atomic E-state index is 11.8. The normalized spacial score (nSPS) is 10.3. The van der Waals surface area contributed by atoms with Crippen molar-refractivity contribution in [3.8, 4) is 0 Å². The summed E-state index contributed by atoms with van der Waals surface area (Å²) in [6.45, 7) is 1.89. The minimum Gasteiger partial charge on any atom is -0.459 e. The van der Waals surface area contributed by atoms with Crippen molar-refractivity contribution in [3.63, 3.8) is 0 Å². The molecule has 2 rings (SSSR count). The molecule has 0 radical (unpaired) electrons. The molecule has 88 valence electrons. The van der Waals surface area contributed by atoms with Crippen LogP contribution in [0.25, 0.3) is 0 Å². The van der Waals surface area contributed by atoms with Crippen molar-refractivity contribution in [1.82, 2.24) is 0 Å². The van der Waals surface area contributed by atoms with E-state index in [1.54, 1.807) is 18.2 Å². The third-order valence-electron chi connectivity index (χ3n) is 2.24. The molecule has 0 spiro atoms. The van der Waals surface area contributed by atoms with Gasteiger partial charge in [0, 0.05) is 9.50 Å². The summed E-state index contributed by atoms with van der Waals surface area (Å²) in [4.78, 5) is 11.8. The molecule has 0 bridgehead atoms. The van der Waals surface area contributed by atoms with E-state index in [4.69, 9.17) is 16.0 Å². The molecule has 0 fully saturated rings. The predicted molar refractivity (Wildman–Crippen MR) is 70.6 cm³/mol. The second-order valence-corrected chi connectivity index (χ2v) is 4.77. The van der Waals surface area contributed by atoms with Crippen LogP contribution in [0, 0.1) is 6.92 Å². The highest BCUT2D eigenvalue weighted by Crippen LogP contribution is 2.29. The van der Waals surface area contributed by atoms with Crippen molar-refractivity contribution in [2.24, 2.45) is 0 Å². The van der Waals surface area contributed by atoms with Gasteiger partial charge in [-0.2, -0.15) is 0 Å². The molecule has 5 heteroatoms. The fraction of sp³-hybridized carbons (Fsp3) is 0.0833. The van der Waals surface area contributed by atoms with Gasteiger partial charge >= 0.3 is 0 Å². The molecule has 3 nitrogen and oxygen atoms in total. The van der Waals surface area contributed by atoms with Crippen LogP contribution >= 0.6 is 27.5 Å². The summed E-state index contributed by atoms with van der Waals surface area (Å²) in [6, 6.07) is 6.80. The molecule has 1 aromatic carbocycles. The zero-order valence-electron chi connectivity index (χ0n) is 8.96. The zero-order valence-corrected chi connectivity index (χ0v) is 11.3. The number of hydrogen-bond donors (Lipinski definition) is 1. The van der Waals surface area contributed by atoms with E-state index >= 15 is 0 Å². The minimum absolute atomic E-state index is 0.258. The molecule has 0 aliphatic heterocycles. The summed E-state index contributed by atoms with van der Waals surface area (Å²) in [6.07, 6.45) is 1.45. The Morgan fingerprint density at radius 2 is 2.24 bits per heavy atom. The van der Waals surface area contributed by atoms with Gasteiger partial charge in [-0.25, -0.2) is 0 Å². The van der Waals surface area contributed by atoms with Crippen LogP contribution in [-0.2, 0) is 0 Å². The molecule has 0 aliphatic carbocycles. The van der Waals surface area contributed by atoms with E-state index < -0.39 is 0 Å². The number of nitrogens with one attached hydrogen (secondary N) is 1. The molecule has 17 heavy (non-hydrogen) atoms. The SMILES string of the molecule is Cc1cc(Br)c(NC(=O)c2ccco2)cc1Cl. The summed E-state index contributed by atoms with van der Waals surface area (Å²) in [5.41, 5.74) is 1.55. The topological polar surface area (TPSA) is 42.2 Å². The lowest BCUT2D eigenvalue weighted by Crippen LogP contribution is -2.11. The van der Waals surface area contributed by atoms with Crippen LogP contribution in [0.1, 0.15) is 16.1 Å². The van der Waals surface area contributed by atoms with E-state index in [1.165, 1.54) is 6.26 Å². The van der Waals surface area contributed by atoms with Gasteiger partial charge in [-0.05, 0) is 52.7 Å². The van der Waals surface area contributed by atoms with E-state index in [-0.39, 0.29) is 11.7 Å². The quantitative estimate of drug-likeness (QED) is 0.900. The van der Waals surface area contributed by atoms with Crippen LogP contribution < -0.4 is 5.32 Å². The number of carbonyl (C=O) groups excluding carboxylic acids is 1. The van der Waals surface area contributed by atoms with Crippen molar-refractivity contribution in [1.29, 1.82) is 0 Å². The smallest absolute Gasteiger partial charge is 0.291 e. The zero-order chi connectivity index (χ0) is 12.4. The summed E-state index contributed by atoms with van der Waals surface area (Å²) in [5.74, 6) is -0.0517. The van der Waals surface area contributed by atoms with Crippen LogP contribution in [0.2, 0.25) is 5.02 Å². The number of rotatable bonds is 2. The molecule has 1 heterocycles. The molecule has 0 saturated heterocycles. The number of hydrogen-bond acceptors (Lipinski definition) is 2. The first-order valence-electron chi connectivity index (χ1n) is 4.88. The minimum atomic E-state index is -0.310. The number of furan rings is 1. The first kappa shape index (κ1) is 12.2. The largest absolute Gasteiger partial charge is 0.459 e. The fourth-order valence-electron chi connectivity index (χ4n) is 1.33. The Bertz CT molecular complexity index is 552. The van der Waals surface area contributed by atoms with Crippen LogP contribution in [0.5, 0.6) is 0 Å². The maximum Gasteiger partial charge on any atom is 0.291 e. The van der Waals surface area contributed by atoms with E-state index in [1.807, 2.05) is 13.0 Å². The lowest BCUT2D eigenvalue weighted by molar-refractivity contribution is 0.0996. The second-order valence-electron chi connectivity index (χ2n) is 3.51. The molecular formula is C12H9BrClNO2. The molecule has 0 unspecified atom stereocenters. The van der Waals surface area contributed by atoms with Gasteiger partial charge in [0.25, 0.3) is 5.91 Å². The lowest BCUT2D eigenvalue weighted by atomic mass is 10.2. The highest BCUT2D eigenvalue weighted by molar-refractivity contribution is 9.10. The standard InChI is InChI=1S/C12H9BrClNO2/c1-7-5-8(13)10(6-9(7)14)15-12(16)11-3-2-4-17-11/h2-6H,1H3,(H,15,16). The number of halogens is 2. The van der Waals surface area contributed by atoms with Gasteiger partial charge in [-0.1, -0.05) is 11.6 Å². The Morgan fingerprint density at radius 1 is 1.47 bits per heavy atom. The number of carbonyl (C=O) groups is 1. The van der Waals surface area contributed by atoms with Crippen molar-refractivity contribution < 1.29 is 9.21 Å². The Labute approximate surface area is 112 Å². The van der Waals surface area contributed by atoms with E-state index in [9.17, 15) is 4.79 Å². The average molecular weight is 315 g/mol. The molecule has 0 atom stereocenters. The average Bonchev–Trinajstić information content (AvgIpc) is 2.79. The highest BCUT2D eigenvalue weighted by atomic mass is 79.9. The number of amides is 1. The van der Waals surface area contributed by atoms with Crippen LogP contribution in [-0.4, -0.2) is 5.91 Å². The van der Waals surface area contributed by atoms with Crippen molar-refractivity contribution in [2.45, 2.75) is 6.92 Å². The second kappa shape index (κ2) is 4.94. The molecular weight excluding hydrogens is 305 g/mol. The van der Waals surface area contributed by atoms with Gasteiger partial charge in [-0.15, -0.1) is 0 Å². The Morgan fingerprint density at radius 3 is 2.88 bits per heavy atom. The monoisotopic (exact) mass is 313 g/mol. The summed E-state index contributed by atoms with van der Waals surface area (Å²) in [7, 11) is 0. The summed E-state index contributed by atoms with van der Waals surface area (Å²) >= 11 is 9.37. The Hall–Kier alpha value is -1.26. The van der Waals surface area contributed by atoms with Crippen LogP contribution in [0.3, 0.4) is 0 Å². The van der Waals surface area contributed by atoms with Crippen molar-refractivity contribution in [2.75, 3.05) is 5.32 Å². The first-order valence-corrected chi connectivity index (χ1v) is 6.05. The van der Waals surface area contributed by atoms with E-state index in [2.05, 4.69) is 21.2 Å². The van der Waals surface area contributed by atoms with Gasteiger partial charge in [0.1, 0.15) is 0 Å². The van der Waals surface area contributed by atoms with Gasteiger partial charge in [0.05, 0.1) is 12.0 Å². The van der Waals surface area contributed by atoms with Crippen LogP contribution in [0.4, 0.5) is 5.69 Å². The predicted octanol–water partition coefficient (Wildman–Crippen LogP) is 4.26. The molecule has 0 saturated carbocycles. The van der Waals surface area contributed by atoms with Crippen LogP contribution in [0.15, 0.2) is 39.4 Å². The van der Waals surface area contributed by atoms with Gasteiger partial charge in [0.15, 0.2) is 5.76 Å². The highest BCUT2D eigenvalue weighted by Gasteiger charge is 2.11. The van der Waals surface area contributed by atoms with E-state index in [0.717, 1.165) is 10.0 Å². The van der Waals surface area contributed by atoms with Gasteiger partial charge < -0.3 is 9.73 Å². The summed E-state index contributed by atoms with van der Waals surface area (Å²) < 4.78 is 5.78. The molecule has 0 aliphatic rings. The van der Waals surface area contributed by atoms with Crippen molar-refractivity contribution >= 4 is 39.1 Å². The Kier molecular flexibility index (Phi) is 3.54. The Balaban J connectivity index is 2.25. The first-order chi connectivity index (χ1) is 8.08. The molecule has 1 N–H and O–H groups in total. The number of aryl methyl sites for hydroxylation is 1. The molecule has 1 amide bonds. The third kappa shape index (κ3) is 2.70. The van der Waals surface area contributed by atoms with Gasteiger partial charge in [-0.3, -0.25) is 4.79 Å². The summed E-state index contributed by atoms with van der Waals surface area (Å²) in [5, 5.41) is 3.32. The number of benzene rings is 1. The fourth-order valence-corrected chi connectivity index (χ4v) is 2.05. The third-order valence-corrected chi connectivity index (χ3v) is 3.30. The molecule has 2 aromatic rings. The van der Waals surface area contributed by atoms with Gasteiger partial charge in [0.2, 0.25) is 0 Å². The molecule has 1 aromatic heterocycles. The van der Waals surface area contributed by atoms with E-state index in [0.29, 0.717) is 10.7 Å². The maximum absolute atomic E-state index is 11.8. The number of anilines is 1.